The van der Waals surface area contributed by atoms with E-state index in [0.29, 0.717) is 17.5 Å². The Bertz CT molecular complexity index is 2880. The van der Waals surface area contributed by atoms with Crippen LogP contribution >= 0.6 is 0 Å². The average Bonchev–Trinajstić information content (AvgIpc) is 3.58. The van der Waals surface area contributed by atoms with Gasteiger partial charge in [-0.2, -0.15) is 0 Å². The van der Waals surface area contributed by atoms with Crippen molar-refractivity contribution in [3.63, 3.8) is 0 Å². The summed E-state index contributed by atoms with van der Waals surface area (Å²) in [7, 11) is 0. The molecule has 4 nitrogen and oxygen atoms in total. The van der Waals surface area contributed by atoms with Crippen molar-refractivity contribution in [2.75, 3.05) is 0 Å². The van der Waals surface area contributed by atoms with Gasteiger partial charge in [0, 0.05) is 32.8 Å². The van der Waals surface area contributed by atoms with Crippen LogP contribution in [0.5, 0.6) is 0 Å². The van der Waals surface area contributed by atoms with Gasteiger partial charge in [0.2, 0.25) is 0 Å². The predicted molar refractivity (Wildman–Crippen MR) is 201 cm³/mol. The first kappa shape index (κ1) is 27.5. The number of nitrogens with zero attached hydrogens (tertiary/aromatic N) is 3. The second-order valence-corrected chi connectivity index (χ2v) is 12.3. The maximum Gasteiger partial charge on any atom is 0.164 e. The first-order chi connectivity index (χ1) is 24.3. The minimum absolute atomic E-state index is 0.599. The number of fused-ring (bicyclic) bond motifs is 10. The Morgan fingerprint density at radius 3 is 1.53 bits per heavy atom. The highest BCUT2D eigenvalue weighted by atomic mass is 16.3. The third-order valence-corrected chi connectivity index (χ3v) is 9.51. The van der Waals surface area contributed by atoms with Crippen LogP contribution in [0.2, 0.25) is 0 Å². The summed E-state index contributed by atoms with van der Waals surface area (Å²) in [5.41, 5.74) is 6.61. The zero-order chi connectivity index (χ0) is 32.3. The standard InChI is InChI=1S/C45H27N3O/c1-3-15-28(16-4-1)30-19-7-12-24-35(30)44-46-43(29-17-5-2-6-18-29)47-45(48-44)38-27-37-33-22-9-8-20-31(33)32-21-10-11-23-34(32)40(37)42-41(38)36-25-13-14-26-39(36)49-42/h1-27H. The molecule has 49 heavy (non-hydrogen) atoms. The summed E-state index contributed by atoms with van der Waals surface area (Å²) in [5.74, 6) is 1.84. The molecule has 0 aliphatic carbocycles. The van der Waals surface area contributed by atoms with E-state index in [1.165, 1.54) is 10.8 Å². The van der Waals surface area contributed by atoms with Gasteiger partial charge in [-0.25, -0.2) is 15.0 Å². The maximum absolute atomic E-state index is 6.82. The Morgan fingerprint density at radius 1 is 0.327 bits per heavy atom. The van der Waals surface area contributed by atoms with Gasteiger partial charge in [-0.1, -0.05) is 152 Å². The summed E-state index contributed by atoms with van der Waals surface area (Å²) in [6.07, 6.45) is 0. The molecule has 0 saturated carbocycles. The van der Waals surface area contributed by atoms with Gasteiger partial charge in [0.25, 0.3) is 0 Å². The first-order valence-corrected chi connectivity index (χ1v) is 16.5. The van der Waals surface area contributed by atoms with Crippen LogP contribution in [0.25, 0.3) is 99.5 Å². The summed E-state index contributed by atoms with van der Waals surface area (Å²) in [4.78, 5) is 15.7. The minimum atomic E-state index is 0.599. The van der Waals surface area contributed by atoms with Crippen molar-refractivity contribution in [2.45, 2.75) is 0 Å². The smallest absolute Gasteiger partial charge is 0.164 e. The summed E-state index contributed by atoms with van der Waals surface area (Å²) in [5, 5.41) is 8.93. The van der Waals surface area contributed by atoms with Crippen molar-refractivity contribution >= 4 is 54.3 Å². The fourth-order valence-electron chi connectivity index (χ4n) is 7.33. The normalized spacial score (nSPS) is 11.7. The molecule has 0 amide bonds. The number of hydrogen-bond donors (Lipinski definition) is 0. The minimum Gasteiger partial charge on any atom is -0.455 e. The molecule has 0 bridgehead atoms. The zero-order valence-corrected chi connectivity index (χ0v) is 26.3. The number of furan rings is 1. The average molecular weight is 626 g/mol. The zero-order valence-electron chi connectivity index (χ0n) is 26.3. The lowest BCUT2D eigenvalue weighted by Crippen LogP contribution is -2.01. The van der Waals surface area contributed by atoms with Gasteiger partial charge >= 0.3 is 0 Å². The van der Waals surface area contributed by atoms with Gasteiger partial charge in [-0.15, -0.1) is 0 Å². The van der Waals surface area contributed by atoms with E-state index < -0.39 is 0 Å². The maximum atomic E-state index is 6.82. The SMILES string of the molecule is c1ccc(-c2nc(-c3ccccc3-c3ccccc3)nc(-c3cc4c5ccccc5c5ccccc5c4c4oc5ccccc5c34)n2)cc1. The Balaban J connectivity index is 1.36. The monoisotopic (exact) mass is 625 g/mol. The predicted octanol–water partition coefficient (Wildman–Crippen LogP) is 11.9. The highest BCUT2D eigenvalue weighted by molar-refractivity contribution is 6.34. The Labute approximate surface area is 282 Å². The number of benzene rings is 8. The first-order valence-electron chi connectivity index (χ1n) is 16.5. The van der Waals surface area contributed by atoms with E-state index >= 15 is 0 Å². The molecule has 0 N–H and O–H groups in total. The number of hydrogen-bond acceptors (Lipinski definition) is 4. The van der Waals surface area contributed by atoms with Crippen LogP contribution in [-0.2, 0) is 0 Å². The Kier molecular flexibility index (Phi) is 6.15. The van der Waals surface area contributed by atoms with Gasteiger partial charge in [0.1, 0.15) is 11.2 Å². The van der Waals surface area contributed by atoms with E-state index in [1.807, 2.05) is 42.5 Å². The molecule has 0 aliphatic rings. The van der Waals surface area contributed by atoms with E-state index in [0.717, 1.165) is 71.3 Å². The van der Waals surface area contributed by atoms with Crippen molar-refractivity contribution in [1.82, 2.24) is 15.0 Å². The molecule has 0 saturated heterocycles. The summed E-state index contributed by atoms with van der Waals surface area (Å²) >= 11 is 0. The lowest BCUT2D eigenvalue weighted by molar-refractivity contribution is 0.673. The molecule has 10 rings (SSSR count). The topological polar surface area (TPSA) is 51.8 Å². The van der Waals surface area contributed by atoms with Gasteiger partial charge in [0.05, 0.1) is 0 Å². The van der Waals surface area contributed by atoms with Crippen LogP contribution in [0, 0.1) is 0 Å². The third kappa shape index (κ3) is 4.35. The number of rotatable bonds is 4. The van der Waals surface area contributed by atoms with Crippen molar-refractivity contribution in [3.8, 4) is 45.3 Å². The van der Waals surface area contributed by atoms with Crippen molar-refractivity contribution in [2.24, 2.45) is 0 Å². The molecule has 228 valence electrons. The molecule has 0 unspecified atom stereocenters. The molecule has 0 atom stereocenters. The third-order valence-electron chi connectivity index (χ3n) is 9.51. The van der Waals surface area contributed by atoms with E-state index in [2.05, 4.69) is 121 Å². The van der Waals surface area contributed by atoms with Crippen molar-refractivity contribution < 1.29 is 4.42 Å². The van der Waals surface area contributed by atoms with Crippen LogP contribution < -0.4 is 0 Å². The fraction of sp³-hybridized carbons (Fsp3) is 0. The highest BCUT2D eigenvalue weighted by Gasteiger charge is 2.23. The van der Waals surface area contributed by atoms with E-state index in [4.69, 9.17) is 19.4 Å². The Hall–Kier alpha value is -6.65. The van der Waals surface area contributed by atoms with E-state index in [9.17, 15) is 0 Å². The van der Waals surface area contributed by atoms with Gasteiger partial charge in [0.15, 0.2) is 17.5 Å². The van der Waals surface area contributed by atoms with Crippen molar-refractivity contribution in [3.05, 3.63) is 164 Å². The molecule has 0 aliphatic heterocycles. The molecule has 8 aromatic carbocycles. The number of aromatic nitrogens is 3. The van der Waals surface area contributed by atoms with Gasteiger partial charge in [-0.05, 0) is 50.2 Å². The lowest BCUT2D eigenvalue weighted by Gasteiger charge is -2.15. The molecular formula is C45H27N3O. The molecule has 0 radical (unpaired) electrons. The number of para-hydroxylation sites is 1. The van der Waals surface area contributed by atoms with Crippen LogP contribution in [0.4, 0.5) is 0 Å². The van der Waals surface area contributed by atoms with Crippen LogP contribution in [0.3, 0.4) is 0 Å². The van der Waals surface area contributed by atoms with Crippen LogP contribution in [0.15, 0.2) is 168 Å². The second-order valence-electron chi connectivity index (χ2n) is 12.3. The highest BCUT2D eigenvalue weighted by Crippen LogP contribution is 2.46. The van der Waals surface area contributed by atoms with E-state index in [-0.39, 0.29) is 0 Å². The quantitative estimate of drug-likeness (QED) is 0.183. The summed E-state index contributed by atoms with van der Waals surface area (Å²) < 4.78 is 6.82. The van der Waals surface area contributed by atoms with Crippen molar-refractivity contribution in [1.29, 1.82) is 0 Å². The van der Waals surface area contributed by atoms with E-state index in [1.54, 1.807) is 0 Å². The fourth-order valence-corrected chi connectivity index (χ4v) is 7.33. The molecule has 4 heteroatoms. The molecule has 2 aromatic heterocycles. The lowest BCUT2D eigenvalue weighted by atomic mass is 9.91. The summed E-state index contributed by atoms with van der Waals surface area (Å²) in [6.45, 7) is 0. The summed E-state index contributed by atoms with van der Waals surface area (Å²) in [6, 6.07) is 56.6. The molecule has 0 fully saturated rings. The molecule has 10 aromatic rings. The molecule has 2 heterocycles. The van der Waals surface area contributed by atoms with Gasteiger partial charge in [-0.3, -0.25) is 0 Å². The second kappa shape index (κ2) is 11.0. The van der Waals surface area contributed by atoms with Gasteiger partial charge < -0.3 is 4.42 Å². The molecule has 0 spiro atoms. The van der Waals surface area contributed by atoms with Crippen LogP contribution in [-0.4, -0.2) is 15.0 Å². The largest absolute Gasteiger partial charge is 0.455 e. The van der Waals surface area contributed by atoms with Crippen LogP contribution in [0.1, 0.15) is 0 Å². The Morgan fingerprint density at radius 2 is 0.816 bits per heavy atom. The molecular weight excluding hydrogens is 599 g/mol.